The van der Waals surface area contributed by atoms with E-state index >= 15 is 0 Å². The van der Waals surface area contributed by atoms with Crippen molar-refractivity contribution in [2.45, 2.75) is 12.5 Å². The van der Waals surface area contributed by atoms with Crippen LogP contribution in [0.4, 0.5) is 14.5 Å². The molecule has 0 aliphatic heterocycles. The van der Waals surface area contributed by atoms with Crippen molar-refractivity contribution in [1.82, 2.24) is 0 Å². The van der Waals surface area contributed by atoms with Gasteiger partial charge in [0.1, 0.15) is 11.6 Å². The third-order valence-electron chi connectivity index (χ3n) is 2.99. The molecule has 0 spiro atoms. The van der Waals surface area contributed by atoms with Crippen LogP contribution in [-0.2, 0) is 6.42 Å². The van der Waals surface area contributed by atoms with Gasteiger partial charge in [0.15, 0.2) is 0 Å². The predicted molar refractivity (Wildman–Crippen MR) is 70.1 cm³/mol. The third kappa shape index (κ3) is 2.97. The maximum atomic E-state index is 13.6. The summed E-state index contributed by atoms with van der Waals surface area (Å²) in [5.41, 5.74) is 6.14. The lowest BCUT2D eigenvalue weighted by Crippen LogP contribution is -2.16. The van der Waals surface area contributed by atoms with Crippen LogP contribution in [0.3, 0.4) is 0 Å². The van der Waals surface area contributed by atoms with Gasteiger partial charge in [-0.1, -0.05) is 18.2 Å². The fourth-order valence-corrected chi connectivity index (χ4v) is 2.01. The Kier molecular flexibility index (Phi) is 4.05. The first-order chi connectivity index (χ1) is 9.49. The van der Waals surface area contributed by atoms with E-state index in [1.54, 1.807) is 12.1 Å². The van der Waals surface area contributed by atoms with Crippen molar-refractivity contribution in [3.05, 3.63) is 75.3 Å². The lowest BCUT2D eigenvalue weighted by atomic mass is 9.98. The van der Waals surface area contributed by atoms with Gasteiger partial charge in [-0.2, -0.15) is 0 Å². The van der Waals surface area contributed by atoms with Crippen molar-refractivity contribution >= 4 is 5.69 Å². The first-order valence-corrected chi connectivity index (χ1v) is 5.92. The number of hydrogen-bond donors (Lipinski definition) is 1. The third-order valence-corrected chi connectivity index (χ3v) is 2.99. The second-order valence-corrected chi connectivity index (χ2v) is 4.36. The number of nitro groups is 1. The van der Waals surface area contributed by atoms with Crippen molar-refractivity contribution in [2.75, 3.05) is 0 Å². The van der Waals surface area contributed by atoms with Gasteiger partial charge in [-0.15, -0.1) is 0 Å². The summed E-state index contributed by atoms with van der Waals surface area (Å²) in [6.07, 6.45) is 0.0531. The van der Waals surface area contributed by atoms with Crippen LogP contribution in [0, 0.1) is 21.7 Å². The van der Waals surface area contributed by atoms with Crippen LogP contribution < -0.4 is 5.73 Å². The molecular weight excluding hydrogens is 266 g/mol. The van der Waals surface area contributed by atoms with E-state index in [0.717, 1.165) is 18.2 Å². The fraction of sp³-hybridized carbons (Fsp3) is 0.143. The number of halogens is 2. The van der Waals surface area contributed by atoms with Crippen molar-refractivity contribution in [3.8, 4) is 0 Å². The van der Waals surface area contributed by atoms with Crippen LogP contribution in [-0.4, -0.2) is 4.92 Å². The highest BCUT2D eigenvalue weighted by atomic mass is 19.1. The highest BCUT2D eigenvalue weighted by molar-refractivity contribution is 5.41. The van der Waals surface area contributed by atoms with Gasteiger partial charge in [0, 0.05) is 23.2 Å². The standard InChI is InChI=1S/C14H12F2N2O2/c15-10-5-6-12(16)11(8-10)13(17)7-9-3-1-2-4-14(9)18(19)20/h1-6,8,13H,7,17H2. The van der Waals surface area contributed by atoms with Gasteiger partial charge >= 0.3 is 0 Å². The Labute approximate surface area is 114 Å². The highest BCUT2D eigenvalue weighted by Crippen LogP contribution is 2.25. The summed E-state index contributed by atoms with van der Waals surface area (Å²) in [6, 6.07) is 8.22. The Morgan fingerprint density at radius 2 is 1.90 bits per heavy atom. The second kappa shape index (κ2) is 5.75. The molecule has 0 radical (unpaired) electrons. The van der Waals surface area contributed by atoms with Gasteiger partial charge in [0.05, 0.1) is 4.92 Å². The van der Waals surface area contributed by atoms with E-state index in [4.69, 9.17) is 5.73 Å². The fourth-order valence-electron chi connectivity index (χ4n) is 2.01. The lowest BCUT2D eigenvalue weighted by molar-refractivity contribution is -0.385. The molecular formula is C14H12F2N2O2. The molecule has 0 bridgehead atoms. The number of para-hydroxylation sites is 1. The highest BCUT2D eigenvalue weighted by Gasteiger charge is 2.18. The molecule has 104 valence electrons. The lowest BCUT2D eigenvalue weighted by Gasteiger charge is -2.13. The minimum atomic E-state index is -0.855. The van der Waals surface area contributed by atoms with Gasteiger partial charge < -0.3 is 5.73 Å². The van der Waals surface area contributed by atoms with Gasteiger partial charge in [-0.25, -0.2) is 8.78 Å². The van der Waals surface area contributed by atoms with Crippen molar-refractivity contribution in [2.24, 2.45) is 5.73 Å². The molecule has 0 aromatic heterocycles. The zero-order valence-electron chi connectivity index (χ0n) is 10.4. The van der Waals surface area contributed by atoms with Crippen LogP contribution in [0.15, 0.2) is 42.5 Å². The molecule has 6 heteroatoms. The summed E-state index contributed by atoms with van der Waals surface area (Å²) in [7, 11) is 0. The molecule has 1 atom stereocenters. The largest absolute Gasteiger partial charge is 0.324 e. The molecule has 4 nitrogen and oxygen atoms in total. The van der Waals surface area contributed by atoms with Crippen LogP contribution in [0.1, 0.15) is 17.2 Å². The number of nitro benzene ring substituents is 1. The quantitative estimate of drug-likeness (QED) is 0.690. The van der Waals surface area contributed by atoms with Crippen LogP contribution in [0.5, 0.6) is 0 Å². The SMILES string of the molecule is NC(Cc1ccccc1[N+](=O)[O-])c1cc(F)ccc1F. The van der Waals surface area contributed by atoms with E-state index in [9.17, 15) is 18.9 Å². The number of rotatable bonds is 4. The molecule has 2 aromatic carbocycles. The molecule has 1 unspecified atom stereocenters. The van der Waals surface area contributed by atoms with Gasteiger partial charge in [0.2, 0.25) is 0 Å². The zero-order chi connectivity index (χ0) is 14.7. The van der Waals surface area contributed by atoms with Gasteiger partial charge in [0.25, 0.3) is 5.69 Å². The zero-order valence-corrected chi connectivity index (χ0v) is 10.4. The van der Waals surface area contributed by atoms with Crippen LogP contribution in [0.25, 0.3) is 0 Å². The summed E-state index contributed by atoms with van der Waals surface area (Å²) < 4.78 is 26.7. The minimum absolute atomic E-state index is 0.00292. The number of benzene rings is 2. The monoisotopic (exact) mass is 278 g/mol. The number of hydrogen-bond acceptors (Lipinski definition) is 3. The number of nitrogens with two attached hydrogens (primary N) is 1. The Hall–Kier alpha value is -2.34. The molecule has 0 aliphatic rings. The van der Waals surface area contributed by atoms with Crippen molar-refractivity contribution < 1.29 is 13.7 Å². The summed E-state index contributed by atoms with van der Waals surface area (Å²) in [4.78, 5) is 10.4. The van der Waals surface area contributed by atoms with E-state index in [1.807, 2.05) is 0 Å². The Balaban J connectivity index is 2.30. The van der Waals surface area contributed by atoms with Crippen LogP contribution in [0.2, 0.25) is 0 Å². The first-order valence-electron chi connectivity index (χ1n) is 5.92. The Morgan fingerprint density at radius 3 is 2.60 bits per heavy atom. The Morgan fingerprint density at radius 1 is 1.20 bits per heavy atom. The molecule has 2 aromatic rings. The normalized spacial score (nSPS) is 12.2. The maximum Gasteiger partial charge on any atom is 0.272 e. The molecule has 20 heavy (non-hydrogen) atoms. The van der Waals surface area contributed by atoms with Crippen molar-refractivity contribution in [1.29, 1.82) is 0 Å². The van der Waals surface area contributed by atoms with Gasteiger partial charge in [-0.05, 0) is 24.6 Å². The molecule has 0 aliphatic carbocycles. The molecule has 2 N–H and O–H groups in total. The molecule has 0 saturated carbocycles. The van der Waals surface area contributed by atoms with Gasteiger partial charge in [-0.3, -0.25) is 10.1 Å². The summed E-state index contributed by atoms with van der Waals surface area (Å²) in [5.74, 6) is -1.23. The Bertz CT molecular complexity index is 647. The maximum absolute atomic E-state index is 13.6. The molecule has 0 saturated heterocycles. The van der Waals surface area contributed by atoms with E-state index in [-0.39, 0.29) is 17.7 Å². The summed E-state index contributed by atoms with van der Waals surface area (Å²) >= 11 is 0. The second-order valence-electron chi connectivity index (χ2n) is 4.36. The number of nitrogens with zero attached hydrogens (tertiary/aromatic N) is 1. The minimum Gasteiger partial charge on any atom is -0.324 e. The van der Waals surface area contributed by atoms with E-state index < -0.39 is 22.6 Å². The first kappa shape index (κ1) is 14.1. The van der Waals surface area contributed by atoms with Crippen LogP contribution >= 0.6 is 0 Å². The van der Waals surface area contributed by atoms with E-state index in [0.29, 0.717) is 5.56 Å². The predicted octanol–water partition coefficient (Wildman–Crippen LogP) is 3.12. The van der Waals surface area contributed by atoms with Crippen molar-refractivity contribution in [3.63, 3.8) is 0 Å². The topological polar surface area (TPSA) is 69.2 Å². The van der Waals surface area contributed by atoms with E-state index in [2.05, 4.69) is 0 Å². The average Bonchev–Trinajstić information content (AvgIpc) is 2.41. The summed E-state index contributed by atoms with van der Waals surface area (Å²) in [5, 5.41) is 10.9. The van der Waals surface area contributed by atoms with E-state index in [1.165, 1.54) is 12.1 Å². The summed E-state index contributed by atoms with van der Waals surface area (Å²) in [6.45, 7) is 0. The molecule has 0 heterocycles. The molecule has 2 rings (SSSR count). The average molecular weight is 278 g/mol. The smallest absolute Gasteiger partial charge is 0.272 e. The molecule has 0 amide bonds. The molecule has 0 fully saturated rings.